The molecule has 7 heteroatoms. The number of amides is 1. The maximum Gasteiger partial charge on any atom is 0.254 e. The number of carbonyl (C=O) groups excluding carboxylic acids is 1. The van der Waals surface area contributed by atoms with Crippen molar-refractivity contribution in [3.63, 3.8) is 0 Å². The lowest BCUT2D eigenvalue weighted by Crippen LogP contribution is -2.60. The molecule has 0 atom stereocenters. The van der Waals surface area contributed by atoms with E-state index in [0.717, 1.165) is 0 Å². The first kappa shape index (κ1) is 15.2. The maximum absolute atomic E-state index is 12.3. The molecule has 1 aliphatic heterocycles. The van der Waals surface area contributed by atoms with Crippen LogP contribution >= 0.6 is 0 Å². The lowest BCUT2D eigenvalue weighted by Gasteiger charge is -2.43. The Labute approximate surface area is 124 Å². The van der Waals surface area contributed by atoms with Gasteiger partial charge in [0.25, 0.3) is 5.91 Å². The van der Waals surface area contributed by atoms with Gasteiger partial charge in [-0.25, -0.2) is 0 Å². The van der Waals surface area contributed by atoms with Crippen LogP contribution in [-0.4, -0.2) is 63.5 Å². The highest BCUT2D eigenvalue weighted by molar-refractivity contribution is 5.94. The monoisotopic (exact) mass is 291 g/mol. The van der Waals surface area contributed by atoms with E-state index in [9.17, 15) is 4.79 Å². The lowest BCUT2D eigenvalue weighted by molar-refractivity contribution is 0.0531. The summed E-state index contributed by atoms with van der Waals surface area (Å²) < 4.78 is 0. The van der Waals surface area contributed by atoms with Gasteiger partial charge in [0.2, 0.25) is 0 Å². The minimum absolute atomic E-state index is 0.0126. The van der Waals surface area contributed by atoms with Gasteiger partial charge in [0.15, 0.2) is 5.84 Å². The lowest BCUT2D eigenvalue weighted by atomic mass is 10.00. The summed E-state index contributed by atoms with van der Waals surface area (Å²) in [7, 11) is 0. The largest absolute Gasteiger partial charge is 0.409 e. The zero-order valence-corrected chi connectivity index (χ0v) is 12.4. The van der Waals surface area contributed by atoms with Crippen LogP contribution in [0.5, 0.6) is 0 Å². The molecule has 1 aromatic rings. The second-order valence-electron chi connectivity index (χ2n) is 5.56. The van der Waals surface area contributed by atoms with E-state index in [1.165, 1.54) is 0 Å². The molecule has 21 heavy (non-hydrogen) atoms. The van der Waals surface area contributed by atoms with Gasteiger partial charge in [-0.3, -0.25) is 14.7 Å². The van der Waals surface area contributed by atoms with E-state index < -0.39 is 5.54 Å². The van der Waals surface area contributed by atoms with Crippen LogP contribution in [0.15, 0.2) is 29.7 Å². The number of piperazine rings is 1. The fourth-order valence-corrected chi connectivity index (χ4v) is 2.43. The van der Waals surface area contributed by atoms with Crippen molar-refractivity contribution in [1.82, 2.24) is 14.8 Å². The normalized spacial score (nSPS) is 17.8. The standard InChI is InChI=1S/C14H21N5O2/c1-14(2,13(15)17-21)19-9-7-18(8-10-19)12(20)11-3-5-16-6-4-11/h3-6,21H,7-10H2,1-2H3,(H2,15,17). The van der Waals surface area contributed by atoms with Gasteiger partial charge >= 0.3 is 0 Å². The van der Waals surface area contributed by atoms with Gasteiger partial charge in [0.05, 0.1) is 5.54 Å². The summed E-state index contributed by atoms with van der Waals surface area (Å²) in [6.07, 6.45) is 3.23. The molecule has 3 N–H and O–H groups in total. The number of rotatable bonds is 3. The van der Waals surface area contributed by atoms with Crippen molar-refractivity contribution in [2.45, 2.75) is 19.4 Å². The van der Waals surface area contributed by atoms with Crippen molar-refractivity contribution in [2.75, 3.05) is 26.2 Å². The second-order valence-corrected chi connectivity index (χ2v) is 5.56. The van der Waals surface area contributed by atoms with Crippen molar-refractivity contribution in [3.05, 3.63) is 30.1 Å². The first-order valence-electron chi connectivity index (χ1n) is 6.89. The van der Waals surface area contributed by atoms with Gasteiger partial charge in [0, 0.05) is 44.1 Å². The van der Waals surface area contributed by atoms with Crippen molar-refractivity contribution < 1.29 is 10.0 Å². The molecular formula is C14H21N5O2. The molecule has 1 saturated heterocycles. The minimum atomic E-state index is -0.527. The van der Waals surface area contributed by atoms with E-state index in [1.807, 2.05) is 18.7 Å². The van der Waals surface area contributed by atoms with E-state index in [0.29, 0.717) is 31.7 Å². The second kappa shape index (κ2) is 6.09. The maximum atomic E-state index is 12.3. The predicted molar refractivity (Wildman–Crippen MR) is 79.2 cm³/mol. The Morgan fingerprint density at radius 2 is 1.86 bits per heavy atom. The van der Waals surface area contributed by atoms with E-state index in [4.69, 9.17) is 10.9 Å². The fraction of sp³-hybridized carbons (Fsp3) is 0.500. The minimum Gasteiger partial charge on any atom is -0.409 e. The molecule has 2 rings (SSSR count). The van der Waals surface area contributed by atoms with Crippen molar-refractivity contribution in [2.24, 2.45) is 10.9 Å². The molecule has 0 radical (unpaired) electrons. The Balaban J connectivity index is 1.99. The van der Waals surface area contributed by atoms with E-state index in [2.05, 4.69) is 15.0 Å². The van der Waals surface area contributed by atoms with Crippen LogP contribution in [-0.2, 0) is 0 Å². The molecule has 2 heterocycles. The summed E-state index contributed by atoms with van der Waals surface area (Å²) in [6.45, 7) is 6.40. The molecule has 0 unspecified atom stereocenters. The van der Waals surface area contributed by atoms with Crippen molar-refractivity contribution >= 4 is 11.7 Å². The fourth-order valence-electron chi connectivity index (χ4n) is 2.43. The zero-order chi connectivity index (χ0) is 15.5. The topological polar surface area (TPSA) is 95.0 Å². The Morgan fingerprint density at radius 1 is 1.29 bits per heavy atom. The summed E-state index contributed by atoms with van der Waals surface area (Å²) in [4.78, 5) is 20.2. The Kier molecular flexibility index (Phi) is 4.42. The number of carbonyl (C=O) groups is 1. The van der Waals surface area contributed by atoms with Crippen LogP contribution in [0.3, 0.4) is 0 Å². The molecule has 0 spiro atoms. The average molecular weight is 291 g/mol. The SMILES string of the molecule is CC(C)(C(N)=NO)N1CCN(C(=O)c2ccncc2)CC1. The number of amidine groups is 1. The highest BCUT2D eigenvalue weighted by atomic mass is 16.4. The van der Waals surface area contributed by atoms with Crippen LogP contribution in [0, 0.1) is 0 Å². The molecular weight excluding hydrogens is 270 g/mol. The number of oxime groups is 1. The van der Waals surface area contributed by atoms with Gasteiger partial charge < -0.3 is 15.8 Å². The first-order valence-corrected chi connectivity index (χ1v) is 6.89. The van der Waals surface area contributed by atoms with E-state index in [-0.39, 0.29) is 11.7 Å². The highest BCUT2D eigenvalue weighted by Gasteiger charge is 2.34. The number of hydrogen-bond acceptors (Lipinski definition) is 5. The molecule has 0 bridgehead atoms. The zero-order valence-electron chi connectivity index (χ0n) is 12.4. The van der Waals surface area contributed by atoms with Crippen molar-refractivity contribution in [1.29, 1.82) is 0 Å². The summed E-state index contributed by atoms with van der Waals surface area (Å²) >= 11 is 0. The first-order chi connectivity index (χ1) is 9.96. The van der Waals surface area contributed by atoms with Gasteiger partial charge in [-0.1, -0.05) is 5.16 Å². The Morgan fingerprint density at radius 3 is 2.38 bits per heavy atom. The van der Waals surface area contributed by atoms with Gasteiger partial charge in [-0.15, -0.1) is 0 Å². The highest BCUT2D eigenvalue weighted by Crippen LogP contribution is 2.18. The number of nitrogens with zero attached hydrogens (tertiary/aromatic N) is 4. The molecule has 0 aromatic carbocycles. The molecule has 7 nitrogen and oxygen atoms in total. The van der Waals surface area contributed by atoms with Gasteiger partial charge in [0.1, 0.15) is 0 Å². The van der Waals surface area contributed by atoms with E-state index >= 15 is 0 Å². The quantitative estimate of drug-likeness (QED) is 0.363. The predicted octanol–water partition coefficient (Wildman–Crippen LogP) is 0.364. The number of aromatic nitrogens is 1. The molecule has 1 amide bonds. The Bertz CT molecular complexity index is 521. The van der Waals surface area contributed by atoms with Gasteiger partial charge in [-0.05, 0) is 26.0 Å². The Hall–Kier alpha value is -2.15. The third-order valence-corrected chi connectivity index (χ3v) is 4.02. The number of hydrogen-bond donors (Lipinski definition) is 2. The number of nitrogens with two attached hydrogens (primary N) is 1. The van der Waals surface area contributed by atoms with Crippen LogP contribution in [0.25, 0.3) is 0 Å². The van der Waals surface area contributed by atoms with Crippen LogP contribution in [0.4, 0.5) is 0 Å². The third-order valence-electron chi connectivity index (χ3n) is 4.02. The van der Waals surface area contributed by atoms with Crippen LogP contribution in [0.1, 0.15) is 24.2 Å². The third kappa shape index (κ3) is 3.13. The van der Waals surface area contributed by atoms with Crippen LogP contribution in [0.2, 0.25) is 0 Å². The summed E-state index contributed by atoms with van der Waals surface area (Å²) in [5, 5.41) is 12.0. The molecule has 1 aliphatic rings. The van der Waals surface area contributed by atoms with Crippen molar-refractivity contribution in [3.8, 4) is 0 Å². The summed E-state index contributed by atoms with van der Waals surface area (Å²) in [5.41, 5.74) is 5.86. The van der Waals surface area contributed by atoms with Gasteiger partial charge in [-0.2, -0.15) is 0 Å². The smallest absolute Gasteiger partial charge is 0.254 e. The van der Waals surface area contributed by atoms with Crippen LogP contribution < -0.4 is 5.73 Å². The summed E-state index contributed by atoms with van der Waals surface area (Å²) in [6, 6.07) is 3.43. The van der Waals surface area contributed by atoms with E-state index in [1.54, 1.807) is 24.5 Å². The molecule has 114 valence electrons. The average Bonchev–Trinajstić information content (AvgIpc) is 2.54. The molecule has 0 saturated carbocycles. The molecule has 0 aliphatic carbocycles. The number of pyridine rings is 1. The molecule has 1 fully saturated rings. The summed E-state index contributed by atoms with van der Waals surface area (Å²) in [5.74, 6) is 0.190. The molecule has 1 aromatic heterocycles.